The smallest absolute Gasteiger partial charge is 0.315 e. The number of halogens is 1. The largest absolute Gasteiger partial charge is 0.496 e. The number of carbonyl (C=O) groups excluding carboxylic acids is 3. The van der Waals surface area contributed by atoms with Gasteiger partial charge in [-0.2, -0.15) is 0 Å². The average molecular weight is 404 g/mol. The van der Waals surface area contributed by atoms with Gasteiger partial charge >= 0.3 is 5.97 Å². The number of hydrogen-bond donors (Lipinski definition) is 1. The summed E-state index contributed by atoms with van der Waals surface area (Å²) in [6, 6.07) is 11.9. The minimum atomic E-state index is -0.483. The van der Waals surface area contributed by atoms with E-state index in [1.807, 2.05) is 12.1 Å². The third kappa shape index (κ3) is 4.69. The number of hydrogen-bond acceptors (Lipinski definition) is 6. The molecular weight excluding hydrogens is 390 g/mol. The Hall–Kier alpha value is -2.77. The molecule has 0 unspecified atom stereocenters. The molecule has 3 rings (SSSR count). The first-order valence-electron chi connectivity index (χ1n) is 7.83. The molecule has 6 nitrogen and oxygen atoms in total. The molecule has 0 aromatic heterocycles. The first-order chi connectivity index (χ1) is 13.0. The summed E-state index contributed by atoms with van der Waals surface area (Å²) < 4.78 is 10.5. The lowest BCUT2D eigenvalue weighted by Gasteiger charge is -2.09. The maximum absolute atomic E-state index is 12.2. The van der Waals surface area contributed by atoms with Crippen LogP contribution in [0.3, 0.4) is 0 Å². The van der Waals surface area contributed by atoms with Crippen LogP contribution in [0, 0.1) is 0 Å². The Bertz CT molecular complexity index is 957. The van der Waals surface area contributed by atoms with Crippen molar-refractivity contribution in [3.8, 4) is 11.5 Å². The van der Waals surface area contributed by atoms with E-state index in [2.05, 4.69) is 5.32 Å². The second-order valence-electron chi connectivity index (χ2n) is 5.50. The number of ether oxygens (including phenoxy) is 2. The van der Waals surface area contributed by atoms with Crippen LogP contribution in [0.5, 0.6) is 11.5 Å². The lowest BCUT2D eigenvalue weighted by atomic mass is 10.1. The maximum Gasteiger partial charge on any atom is 0.315 e. The highest BCUT2D eigenvalue weighted by Gasteiger charge is 2.25. The fourth-order valence-electron chi connectivity index (χ4n) is 2.43. The van der Waals surface area contributed by atoms with Crippen LogP contribution in [0.1, 0.15) is 11.1 Å². The van der Waals surface area contributed by atoms with Gasteiger partial charge in [-0.05, 0) is 41.6 Å². The second kappa shape index (κ2) is 8.28. The van der Waals surface area contributed by atoms with E-state index in [1.165, 1.54) is 19.3 Å². The molecule has 1 saturated heterocycles. The predicted molar refractivity (Wildman–Crippen MR) is 103 cm³/mol. The van der Waals surface area contributed by atoms with Crippen molar-refractivity contribution in [2.75, 3.05) is 7.11 Å². The number of imide groups is 1. The van der Waals surface area contributed by atoms with Gasteiger partial charge in [0.25, 0.3) is 11.1 Å². The number of carbonyl (C=O) groups is 3. The Labute approximate surface area is 164 Å². The van der Waals surface area contributed by atoms with Gasteiger partial charge in [-0.25, -0.2) is 0 Å². The normalized spacial score (nSPS) is 15.0. The molecule has 0 aliphatic carbocycles. The molecule has 1 N–H and O–H groups in total. The second-order valence-corrected chi connectivity index (χ2v) is 6.93. The van der Waals surface area contributed by atoms with Crippen molar-refractivity contribution >= 4 is 46.6 Å². The zero-order valence-corrected chi connectivity index (χ0v) is 15.7. The molecule has 1 fully saturated rings. The van der Waals surface area contributed by atoms with E-state index in [0.29, 0.717) is 16.9 Å². The number of para-hydroxylation sites is 1. The minimum absolute atomic E-state index is 0.0328. The first-order valence-corrected chi connectivity index (χ1v) is 9.02. The van der Waals surface area contributed by atoms with E-state index in [0.717, 1.165) is 11.8 Å². The Morgan fingerprint density at radius 2 is 1.96 bits per heavy atom. The fourth-order valence-corrected chi connectivity index (χ4v) is 3.34. The number of amides is 2. The van der Waals surface area contributed by atoms with Gasteiger partial charge in [0.05, 0.1) is 23.5 Å². The molecule has 0 radical (unpaired) electrons. The summed E-state index contributed by atoms with van der Waals surface area (Å²) in [6.07, 6.45) is 1.57. The maximum atomic E-state index is 12.2. The Morgan fingerprint density at radius 1 is 1.19 bits per heavy atom. The molecule has 0 saturated carbocycles. The number of thioether (sulfide) groups is 1. The summed E-state index contributed by atoms with van der Waals surface area (Å²) in [5.41, 5.74) is 1.31. The van der Waals surface area contributed by atoms with Crippen LogP contribution < -0.4 is 14.8 Å². The summed E-state index contributed by atoms with van der Waals surface area (Å²) in [5, 5.41) is 1.97. The molecule has 0 bridgehead atoms. The highest BCUT2D eigenvalue weighted by atomic mass is 35.5. The molecule has 8 heteroatoms. The third-order valence-corrected chi connectivity index (χ3v) is 4.75. The van der Waals surface area contributed by atoms with Crippen molar-refractivity contribution in [2.24, 2.45) is 0 Å². The number of nitrogens with one attached hydrogen (secondary N) is 1. The summed E-state index contributed by atoms with van der Waals surface area (Å²) in [4.78, 5) is 35.2. The van der Waals surface area contributed by atoms with Crippen LogP contribution in [0.2, 0.25) is 5.02 Å². The summed E-state index contributed by atoms with van der Waals surface area (Å²) in [5.74, 6) is -0.125. The van der Waals surface area contributed by atoms with Crippen molar-refractivity contribution in [2.45, 2.75) is 6.42 Å². The van der Waals surface area contributed by atoms with Gasteiger partial charge in [0.15, 0.2) is 0 Å². The molecule has 1 heterocycles. The monoisotopic (exact) mass is 403 g/mol. The van der Waals surface area contributed by atoms with Crippen LogP contribution in [-0.4, -0.2) is 24.2 Å². The molecule has 138 valence electrons. The zero-order chi connectivity index (χ0) is 19.4. The quantitative estimate of drug-likeness (QED) is 0.464. The SMILES string of the molecule is COc1ccccc1CC(=O)Oc1ccc(C=C2SC(=O)NC2=O)cc1Cl. The van der Waals surface area contributed by atoms with E-state index < -0.39 is 17.1 Å². The van der Waals surface area contributed by atoms with Gasteiger partial charge < -0.3 is 9.47 Å². The first kappa shape index (κ1) is 19.0. The molecule has 1 aliphatic heterocycles. The highest BCUT2D eigenvalue weighted by molar-refractivity contribution is 8.18. The van der Waals surface area contributed by atoms with Gasteiger partial charge in [-0.1, -0.05) is 35.9 Å². The number of benzene rings is 2. The summed E-state index contributed by atoms with van der Waals surface area (Å²) in [7, 11) is 1.53. The van der Waals surface area contributed by atoms with Crippen LogP contribution in [0.4, 0.5) is 4.79 Å². The van der Waals surface area contributed by atoms with Crippen LogP contribution >= 0.6 is 23.4 Å². The van der Waals surface area contributed by atoms with Gasteiger partial charge in [0.1, 0.15) is 11.5 Å². The standard InChI is InChI=1S/C19H14ClNO5S/c1-25-14-5-3-2-4-12(14)10-17(22)26-15-7-6-11(8-13(15)20)9-16-18(23)21-19(24)27-16/h2-9H,10H2,1H3,(H,21,23,24). The lowest BCUT2D eigenvalue weighted by Crippen LogP contribution is -2.17. The summed E-state index contributed by atoms with van der Waals surface area (Å²) in [6.45, 7) is 0. The van der Waals surface area contributed by atoms with Crippen LogP contribution in [-0.2, 0) is 16.0 Å². The van der Waals surface area contributed by atoms with E-state index in [4.69, 9.17) is 21.1 Å². The molecule has 0 atom stereocenters. The van der Waals surface area contributed by atoms with Gasteiger partial charge in [-0.15, -0.1) is 0 Å². The van der Waals surface area contributed by atoms with Crippen molar-refractivity contribution in [1.82, 2.24) is 5.32 Å². The number of esters is 1. The van der Waals surface area contributed by atoms with Crippen LogP contribution in [0.15, 0.2) is 47.4 Å². The Morgan fingerprint density at radius 3 is 2.63 bits per heavy atom. The molecule has 2 aromatic rings. The van der Waals surface area contributed by atoms with Crippen molar-refractivity contribution < 1.29 is 23.9 Å². The molecule has 27 heavy (non-hydrogen) atoms. The fraction of sp³-hybridized carbons (Fsp3) is 0.105. The number of methoxy groups -OCH3 is 1. The van der Waals surface area contributed by atoms with Crippen molar-refractivity contribution in [3.63, 3.8) is 0 Å². The van der Waals surface area contributed by atoms with Gasteiger partial charge in [0.2, 0.25) is 0 Å². The van der Waals surface area contributed by atoms with E-state index in [9.17, 15) is 14.4 Å². The molecule has 2 aromatic carbocycles. The third-order valence-electron chi connectivity index (χ3n) is 3.65. The predicted octanol–water partition coefficient (Wildman–Crippen LogP) is 3.82. The minimum Gasteiger partial charge on any atom is -0.496 e. The van der Waals surface area contributed by atoms with E-state index in [-0.39, 0.29) is 22.1 Å². The van der Waals surface area contributed by atoms with Gasteiger partial charge in [-0.3, -0.25) is 19.7 Å². The van der Waals surface area contributed by atoms with Crippen LogP contribution in [0.25, 0.3) is 6.08 Å². The van der Waals surface area contributed by atoms with E-state index >= 15 is 0 Å². The van der Waals surface area contributed by atoms with E-state index in [1.54, 1.807) is 24.3 Å². The molecule has 2 amide bonds. The van der Waals surface area contributed by atoms with Gasteiger partial charge in [0, 0.05) is 5.56 Å². The lowest BCUT2D eigenvalue weighted by molar-refractivity contribution is -0.133. The Kier molecular flexibility index (Phi) is 5.83. The topological polar surface area (TPSA) is 81.7 Å². The molecule has 1 aliphatic rings. The Balaban J connectivity index is 1.71. The molecule has 0 spiro atoms. The number of rotatable bonds is 5. The zero-order valence-electron chi connectivity index (χ0n) is 14.2. The average Bonchev–Trinajstić information content (AvgIpc) is 2.95. The van der Waals surface area contributed by atoms with Crippen molar-refractivity contribution in [3.05, 3.63) is 63.5 Å². The highest BCUT2D eigenvalue weighted by Crippen LogP contribution is 2.30. The summed E-state index contributed by atoms with van der Waals surface area (Å²) >= 11 is 7.00. The molecular formula is C19H14ClNO5S. The van der Waals surface area contributed by atoms with Crippen molar-refractivity contribution in [1.29, 1.82) is 0 Å².